The molecule has 0 atom stereocenters. The van der Waals surface area contributed by atoms with Crippen molar-refractivity contribution in [2.75, 3.05) is 26.3 Å². The molecule has 0 N–H and O–H groups in total. The van der Waals surface area contributed by atoms with Gasteiger partial charge in [0.15, 0.2) is 0 Å². The van der Waals surface area contributed by atoms with Gasteiger partial charge in [-0.15, -0.1) is 0 Å². The normalized spacial score (nSPS) is 14.0. The lowest BCUT2D eigenvalue weighted by atomic mass is 10.0. The molecule has 0 unspecified atom stereocenters. The number of aromatic nitrogens is 3. The van der Waals surface area contributed by atoms with Crippen LogP contribution in [0.2, 0.25) is 0 Å². The molecule has 2 aromatic carbocycles. The summed E-state index contributed by atoms with van der Waals surface area (Å²) < 4.78 is 7.55. The van der Waals surface area contributed by atoms with Gasteiger partial charge in [-0.05, 0) is 36.1 Å². The summed E-state index contributed by atoms with van der Waals surface area (Å²) in [5.41, 5.74) is 1.94. The molecule has 4 rings (SSSR count). The highest BCUT2D eigenvalue weighted by molar-refractivity contribution is 5.91. The molecule has 1 amide bonds. The Morgan fingerprint density at radius 1 is 1.00 bits per heavy atom. The Labute approximate surface area is 192 Å². The molecule has 1 saturated heterocycles. The number of benzene rings is 2. The molecule has 3 aromatic rings. The first kappa shape index (κ1) is 22.7. The van der Waals surface area contributed by atoms with Crippen LogP contribution in [-0.2, 0) is 11.3 Å². The number of morpholine rings is 1. The van der Waals surface area contributed by atoms with Crippen LogP contribution in [0.3, 0.4) is 0 Å². The monoisotopic (exact) mass is 448 g/mol. The Kier molecular flexibility index (Phi) is 6.55. The van der Waals surface area contributed by atoms with Crippen LogP contribution in [0.4, 0.5) is 0 Å². The van der Waals surface area contributed by atoms with E-state index in [1.807, 2.05) is 43.3 Å². The molecule has 1 aliphatic heterocycles. The number of carbonyl (C=O) groups excluding carboxylic acids is 1. The Balaban J connectivity index is 1.84. The van der Waals surface area contributed by atoms with Gasteiger partial charge in [0.2, 0.25) is 5.69 Å². The molecule has 1 aliphatic rings. The number of nitrogens with zero attached hydrogens (tertiary/aromatic N) is 4. The van der Waals surface area contributed by atoms with Crippen molar-refractivity contribution in [1.29, 1.82) is 0 Å². The van der Waals surface area contributed by atoms with Crippen molar-refractivity contribution in [2.45, 2.75) is 33.2 Å². The van der Waals surface area contributed by atoms with Crippen molar-refractivity contribution in [3.05, 3.63) is 91.8 Å². The van der Waals surface area contributed by atoms with Crippen LogP contribution in [0.1, 0.15) is 46.9 Å². The zero-order valence-corrected chi connectivity index (χ0v) is 19.2. The fourth-order valence-corrected chi connectivity index (χ4v) is 3.75. The van der Waals surface area contributed by atoms with Gasteiger partial charge in [-0.2, -0.15) is 9.78 Å². The van der Waals surface area contributed by atoms with Crippen molar-refractivity contribution in [3.63, 3.8) is 0 Å². The summed E-state index contributed by atoms with van der Waals surface area (Å²) in [5.74, 6) is -0.161. The van der Waals surface area contributed by atoms with Crippen molar-refractivity contribution < 1.29 is 9.53 Å². The van der Waals surface area contributed by atoms with E-state index in [0.717, 1.165) is 25.9 Å². The molecule has 0 aliphatic carbocycles. The van der Waals surface area contributed by atoms with E-state index in [2.05, 4.69) is 18.9 Å². The predicted molar refractivity (Wildman–Crippen MR) is 125 cm³/mol. The summed E-state index contributed by atoms with van der Waals surface area (Å²) in [7, 11) is 0. The lowest BCUT2D eigenvalue weighted by Crippen LogP contribution is -2.48. The van der Waals surface area contributed by atoms with E-state index in [-0.39, 0.29) is 12.2 Å². The molecule has 8 nitrogen and oxygen atoms in total. The molecule has 0 radical (unpaired) electrons. The molecule has 0 bridgehead atoms. The Bertz CT molecular complexity index is 1250. The topological polar surface area (TPSA) is 86.4 Å². The first-order valence-electron chi connectivity index (χ1n) is 11.1. The fourth-order valence-electron chi connectivity index (χ4n) is 3.75. The number of ether oxygens (including phenoxy) is 1. The summed E-state index contributed by atoms with van der Waals surface area (Å²) >= 11 is 0. The van der Waals surface area contributed by atoms with Crippen molar-refractivity contribution in [1.82, 2.24) is 19.2 Å². The summed E-state index contributed by atoms with van der Waals surface area (Å²) in [6, 6.07) is 15.0. The lowest BCUT2D eigenvalue weighted by Gasteiger charge is -2.26. The van der Waals surface area contributed by atoms with Crippen LogP contribution in [0, 0.1) is 6.92 Å². The molecule has 2 heterocycles. The van der Waals surface area contributed by atoms with E-state index in [0.29, 0.717) is 37.9 Å². The van der Waals surface area contributed by atoms with Gasteiger partial charge in [-0.3, -0.25) is 14.2 Å². The quantitative estimate of drug-likeness (QED) is 0.598. The summed E-state index contributed by atoms with van der Waals surface area (Å²) in [6.45, 7) is 7.74. The standard InChI is InChI=1S/C25H28N4O4/c1-17(2)20-8-10-21(11-9-20)29-25(32)28(16-19-6-4-18(3)5-7-19)24(31)22(26-29)23(30)27-12-14-33-15-13-27/h4-11,17H,12-16H2,1-3H3. The highest BCUT2D eigenvalue weighted by Crippen LogP contribution is 2.16. The lowest BCUT2D eigenvalue weighted by molar-refractivity contribution is 0.0295. The van der Waals surface area contributed by atoms with Gasteiger partial charge in [-0.25, -0.2) is 4.79 Å². The molecular weight excluding hydrogens is 420 g/mol. The Hall–Kier alpha value is -3.52. The smallest absolute Gasteiger partial charge is 0.352 e. The van der Waals surface area contributed by atoms with E-state index >= 15 is 0 Å². The van der Waals surface area contributed by atoms with Crippen LogP contribution in [0.5, 0.6) is 0 Å². The molecule has 33 heavy (non-hydrogen) atoms. The highest BCUT2D eigenvalue weighted by Gasteiger charge is 2.26. The van der Waals surface area contributed by atoms with Crippen molar-refractivity contribution in [3.8, 4) is 5.69 Å². The molecule has 8 heteroatoms. The van der Waals surface area contributed by atoms with Crippen LogP contribution in [-0.4, -0.2) is 51.5 Å². The van der Waals surface area contributed by atoms with Crippen LogP contribution in [0.25, 0.3) is 5.69 Å². The third-order valence-electron chi connectivity index (χ3n) is 5.83. The van der Waals surface area contributed by atoms with E-state index in [9.17, 15) is 14.4 Å². The largest absolute Gasteiger partial charge is 0.378 e. The molecular formula is C25H28N4O4. The predicted octanol–water partition coefficient (Wildman–Crippen LogP) is 2.35. The Morgan fingerprint density at radius 3 is 2.24 bits per heavy atom. The Morgan fingerprint density at radius 2 is 1.64 bits per heavy atom. The minimum Gasteiger partial charge on any atom is -0.378 e. The van der Waals surface area contributed by atoms with E-state index in [1.54, 1.807) is 17.0 Å². The minimum absolute atomic E-state index is 0.0495. The maximum absolute atomic E-state index is 13.3. The van der Waals surface area contributed by atoms with Gasteiger partial charge < -0.3 is 9.64 Å². The van der Waals surface area contributed by atoms with E-state index in [1.165, 1.54) is 0 Å². The first-order valence-corrected chi connectivity index (χ1v) is 11.1. The maximum atomic E-state index is 13.3. The molecule has 172 valence electrons. The highest BCUT2D eigenvalue weighted by atomic mass is 16.5. The molecule has 0 saturated carbocycles. The van der Waals surface area contributed by atoms with E-state index < -0.39 is 17.2 Å². The second-order valence-electron chi connectivity index (χ2n) is 8.57. The van der Waals surface area contributed by atoms with Crippen molar-refractivity contribution in [2.24, 2.45) is 0 Å². The molecule has 1 aromatic heterocycles. The van der Waals surface area contributed by atoms with Gasteiger partial charge in [0.25, 0.3) is 11.5 Å². The molecule has 1 fully saturated rings. The van der Waals surface area contributed by atoms with Gasteiger partial charge in [-0.1, -0.05) is 55.8 Å². The fraction of sp³-hybridized carbons (Fsp3) is 0.360. The molecule has 0 spiro atoms. The third kappa shape index (κ3) is 4.80. The summed E-state index contributed by atoms with van der Waals surface area (Å²) in [5, 5.41) is 4.25. The van der Waals surface area contributed by atoms with Gasteiger partial charge >= 0.3 is 5.69 Å². The van der Waals surface area contributed by atoms with Gasteiger partial charge in [0.1, 0.15) is 0 Å². The van der Waals surface area contributed by atoms with Gasteiger partial charge in [0.05, 0.1) is 25.4 Å². The van der Waals surface area contributed by atoms with Gasteiger partial charge in [0, 0.05) is 13.1 Å². The number of amides is 1. The zero-order chi connectivity index (χ0) is 23.5. The maximum Gasteiger partial charge on any atom is 0.352 e. The number of hydrogen-bond donors (Lipinski definition) is 0. The van der Waals surface area contributed by atoms with Crippen LogP contribution >= 0.6 is 0 Å². The van der Waals surface area contributed by atoms with Crippen molar-refractivity contribution >= 4 is 5.91 Å². The number of hydrogen-bond acceptors (Lipinski definition) is 5. The number of carbonyl (C=O) groups is 1. The second kappa shape index (κ2) is 9.54. The third-order valence-corrected chi connectivity index (χ3v) is 5.83. The second-order valence-corrected chi connectivity index (χ2v) is 8.57. The summed E-state index contributed by atoms with van der Waals surface area (Å²) in [6.07, 6.45) is 0. The van der Waals surface area contributed by atoms with E-state index in [4.69, 9.17) is 4.74 Å². The number of rotatable bonds is 5. The first-order chi connectivity index (χ1) is 15.8. The zero-order valence-electron chi connectivity index (χ0n) is 19.2. The average Bonchev–Trinajstić information content (AvgIpc) is 2.83. The van der Waals surface area contributed by atoms with Crippen LogP contribution < -0.4 is 11.2 Å². The average molecular weight is 449 g/mol. The number of aryl methyl sites for hydroxylation is 1. The SMILES string of the molecule is Cc1ccc(Cn2c(=O)c(C(=O)N3CCOCC3)nn(-c3ccc(C(C)C)cc3)c2=O)cc1. The summed E-state index contributed by atoms with van der Waals surface area (Å²) in [4.78, 5) is 41.4. The minimum atomic E-state index is -0.688. The van der Waals surface area contributed by atoms with Crippen LogP contribution in [0.15, 0.2) is 58.1 Å².